The van der Waals surface area contributed by atoms with Crippen LogP contribution in [0.3, 0.4) is 0 Å². The van der Waals surface area contributed by atoms with Crippen LogP contribution in [0.15, 0.2) is 59.4 Å². The lowest BCUT2D eigenvalue weighted by Crippen LogP contribution is -2.35. The molecule has 2 aromatic heterocycles. The maximum atomic E-state index is 13.2. The Balaban J connectivity index is 1.45. The largest absolute Gasteiger partial charge is 0.322 e. The molecule has 168 valence electrons. The van der Waals surface area contributed by atoms with Crippen LogP contribution in [-0.2, 0) is 25.9 Å². The van der Waals surface area contributed by atoms with Crippen molar-refractivity contribution in [3.63, 3.8) is 0 Å². The van der Waals surface area contributed by atoms with Crippen molar-refractivity contribution >= 4 is 33.3 Å². The Morgan fingerprint density at radius 2 is 1.91 bits per heavy atom. The summed E-state index contributed by atoms with van der Waals surface area (Å²) in [6.45, 7) is 2.60. The Morgan fingerprint density at radius 1 is 1.09 bits per heavy atom. The zero-order chi connectivity index (χ0) is 22.8. The zero-order valence-corrected chi connectivity index (χ0v) is 19.4. The van der Waals surface area contributed by atoms with Crippen molar-refractivity contribution in [3.8, 4) is 0 Å². The normalized spacial score (nSPS) is 13.0. The van der Waals surface area contributed by atoms with Crippen molar-refractivity contribution in [2.24, 2.45) is 0 Å². The van der Waals surface area contributed by atoms with Gasteiger partial charge in [0.1, 0.15) is 10.7 Å². The maximum absolute atomic E-state index is 13.2. The summed E-state index contributed by atoms with van der Waals surface area (Å²) in [6, 6.07) is 17.3. The van der Waals surface area contributed by atoms with E-state index in [-0.39, 0.29) is 18.1 Å². The number of H-pyrrole nitrogens is 1. The van der Waals surface area contributed by atoms with Gasteiger partial charge in [-0.25, -0.2) is 9.78 Å². The Hall–Kier alpha value is -3.45. The molecule has 2 heterocycles. The highest BCUT2D eigenvalue weighted by atomic mass is 32.1. The van der Waals surface area contributed by atoms with Gasteiger partial charge in [-0.1, -0.05) is 42.5 Å². The van der Waals surface area contributed by atoms with E-state index in [0.29, 0.717) is 12.4 Å². The molecular weight excluding hydrogens is 432 g/mol. The van der Waals surface area contributed by atoms with Gasteiger partial charge in [0.2, 0.25) is 0 Å². The molecule has 4 aromatic rings. The maximum Gasteiger partial charge on any atom is 0.322 e. The Kier molecular flexibility index (Phi) is 5.96. The van der Waals surface area contributed by atoms with Crippen LogP contribution in [0, 0.1) is 6.92 Å². The predicted molar refractivity (Wildman–Crippen MR) is 133 cm³/mol. The summed E-state index contributed by atoms with van der Waals surface area (Å²) in [5.74, 6) is 0.501. The summed E-state index contributed by atoms with van der Waals surface area (Å²) >= 11 is 1.62. The van der Waals surface area contributed by atoms with Crippen LogP contribution < -0.4 is 10.9 Å². The van der Waals surface area contributed by atoms with E-state index in [1.165, 1.54) is 10.4 Å². The number of urea groups is 1. The van der Waals surface area contributed by atoms with E-state index in [9.17, 15) is 9.59 Å². The number of hydrogen-bond acceptors (Lipinski definition) is 4. The molecule has 2 amide bonds. The zero-order valence-electron chi connectivity index (χ0n) is 18.6. The number of anilines is 1. The van der Waals surface area contributed by atoms with Crippen LogP contribution in [0.2, 0.25) is 0 Å². The minimum atomic E-state index is -0.238. The first kappa shape index (κ1) is 21.4. The summed E-state index contributed by atoms with van der Waals surface area (Å²) in [6.07, 6.45) is 4.24. The van der Waals surface area contributed by atoms with E-state index >= 15 is 0 Å². The number of fused-ring (bicyclic) bond motifs is 3. The molecule has 7 heteroatoms. The first-order valence-electron chi connectivity index (χ1n) is 11.3. The quantitative estimate of drug-likeness (QED) is 0.420. The highest BCUT2D eigenvalue weighted by Crippen LogP contribution is 2.33. The van der Waals surface area contributed by atoms with Gasteiger partial charge in [-0.3, -0.25) is 4.79 Å². The third kappa shape index (κ3) is 4.68. The van der Waals surface area contributed by atoms with Gasteiger partial charge < -0.3 is 15.2 Å². The second-order valence-electron chi connectivity index (χ2n) is 8.54. The Labute approximate surface area is 196 Å². The lowest BCUT2D eigenvalue weighted by Gasteiger charge is -2.23. The molecule has 0 atom stereocenters. The molecule has 0 saturated carbocycles. The van der Waals surface area contributed by atoms with E-state index < -0.39 is 0 Å². The minimum absolute atomic E-state index is 0.104. The Bertz CT molecular complexity index is 1360. The van der Waals surface area contributed by atoms with E-state index in [4.69, 9.17) is 4.98 Å². The van der Waals surface area contributed by atoms with Crippen LogP contribution in [0.25, 0.3) is 10.2 Å². The number of aryl methyl sites for hydroxylation is 3. The van der Waals surface area contributed by atoms with Crippen molar-refractivity contribution < 1.29 is 4.79 Å². The second-order valence-corrected chi connectivity index (χ2v) is 9.63. The van der Waals surface area contributed by atoms with Gasteiger partial charge in [0, 0.05) is 17.1 Å². The van der Waals surface area contributed by atoms with Gasteiger partial charge in [0.15, 0.2) is 0 Å². The van der Waals surface area contributed by atoms with Crippen molar-refractivity contribution in [2.45, 2.75) is 45.7 Å². The molecule has 2 aromatic carbocycles. The molecule has 0 spiro atoms. The molecule has 2 N–H and O–H groups in total. The molecule has 0 aliphatic heterocycles. The summed E-state index contributed by atoms with van der Waals surface area (Å²) in [4.78, 5) is 37.7. The molecule has 0 radical (unpaired) electrons. The highest BCUT2D eigenvalue weighted by molar-refractivity contribution is 7.18. The van der Waals surface area contributed by atoms with Crippen molar-refractivity contribution in [1.29, 1.82) is 0 Å². The lowest BCUT2D eigenvalue weighted by atomic mass is 9.97. The van der Waals surface area contributed by atoms with Gasteiger partial charge >= 0.3 is 6.03 Å². The number of aromatic nitrogens is 2. The molecule has 0 fully saturated rings. The number of aromatic amines is 1. The van der Waals surface area contributed by atoms with Crippen molar-refractivity contribution in [2.75, 3.05) is 5.32 Å². The molecule has 1 aliphatic carbocycles. The van der Waals surface area contributed by atoms with Crippen LogP contribution in [0.5, 0.6) is 0 Å². The standard InChI is InChI=1S/C26H26N4O2S/c1-17-8-7-11-19(14-17)27-26(32)30(15-18-9-3-2-4-10-18)16-22-28-24(31)23-20-12-5-6-13-21(20)33-25(23)29-22/h2-4,7-11,14H,5-6,12-13,15-16H2,1H3,(H,27,32)(H,28,29,31). The summed E-state index contributed by atoms with van der Waals surface area (Å²) < 4.78 is 0. The SMILES string of the molecule is Cc1cccc(NC(=O)N(Cc2ccccc2)Cc2nc3sc4c(c3c(=O)[nH]2)CCCC4)c1. The monoisotopic (exact) mass is 458 g/mol. The molecule has 0 unspecified atom stereocenters. The van der Waals surface area contributed by atoms with E-state index in [1.807, 2.05) is 61.5 Å². The first-order chi connectivity index (χ1) is 16.1. The number of benzene rings is 2. The average molecular weight is 459 g/mol. The predicted octanol–water partition coefficient (Wildman–Crippen LogP) is 5.41. The van der Waals surface area contributed by atoms with Gasteiger partial charge in [0.05, 0.1) is 11.9 Å². The summed E-state index contributed by atoms with van der Waals surface area (Å²) in [7, 11) is 0. The van der Waals surface area contributed by atoms with Gasteiger partial charge in [-0.2, -0.15) is 0 Å². The van der Waals surface area contributed by atoms with Crippen LogP contribution in [0.4, 0.5) is 10.5 Å². The van der Waals surface area contributed by atoms with E-state index in [1.54, 1.807) is 16.2 Å². The fraction of sp³-hybridized carbons (Fsp3) is 0.269. The van der Waals surface area contributed by atoms with Crippen molar-refractivity contribution in [1.82, 2.24) is 14.9 Å². The Morgan fingerprint density at radius 3 is 2.73 bits per heavy atom. The molecule has 0 saturated heterocycles. The first-order valence-corrected chi connectivity index (χ1v) is 12.1. The highest BCUT2D eigenvalue weighted by Gasteiger charge is 2.21. The van der Waals surface area contributed by atoms with Gasteiger partial charge in [-0.05, 0) is 61.4 Å². The smallest absolute Gasteiger partial charge is 0.313 e. The third-order valence-corrected chi connectivity index (χ3v) is 7.17. The molecule has 1 aliphatic rings. The van der Waals surface area contributed by atoms with Gasteiger partial charge in [-0.15, -0.1) is 11.3 Å². The molecule has 6 nitrogen and oxygen atoms in total. The average Bonchev–Trinajstić information content (AvgIpc) is 3.18. The minimum Gasteiger partial charge on any atom is -0.313 e. The number of hydrogen-bond donors (Lipinski definition) is 2. The van der Waals surface area contributed by atoms with Crippen LogP contribution in [-0.4, -0.2) is 20.9 Å². The summed E-state index contributed by atoms with van der Waals surface area (Å²) in [5.41, 5.74) is 3.88. The number of rotatable bonds is 5. The van der Waals surface area contributed by atoms with Gasteiger partial charge in [0.25, 0.3) is 5.56 Å². The topological polar surface area (TPSA) is 78.1 Å². The fourth-order valence-electron chi connectivity index (χ4n) is 4.39. The van der Waals surface area contributed by atoms with Crippen LogP contribution >= 0.6 is 11.3 Å². The number of nitrogens with zero attached hydrogens (tertiary/aromatic N) is 2. The van der Waals surface area contributed by atoms with Crippen LogP contribution in [0.1, 0.15) is 40.2 Å². The number of carbonyl (C=O) groups excluding carboxylic acids is 1. The number of thiophene rings is 1. The molecule has 5 rings (SSSR count). The fourth-order valence-corrected chi connectivity index (χ4v) is 5.67. The van der Waals surface area contributed by atoms with Crippen molar-refractivity contribution in [3.05, 3.63) is 92.3 Å². The van der Waals surface area contributed by atoms with E-state index in [0.717, 1.165) is 52.7 Å². The number of amides is 2. The molecular formula is C26H26N4O2S. The summed E-state index contributed by atoms with van der Waals surface area (Å²) in [5, 5.41) is 3.72. The second kappa shape index (κ2) is 9.19. The number of carbonyl (C=O) groups is 1. The number of nitrogens with one attached hydrogen (secondary N) is 2. The molecule has 33 heavy (non-hydrogen) atoms. The third-order valence-electron chi connectivity index (χ3n) is 5.99. The lowest BCUT2D eigenvalue weighted by molar-refractivity contribution is 0.205. The van der Waals surface area contributed by atoms with E-state index in [2.05, 4.69) is 10.3 Å². The molecule has 0 bridgehead atoms.